The van der Waals surface area contributed by atoms with Gasteiger partial charge in [-0.3, -0.25) is 4.79 Å². The van der Waals surface area contributed by atoms with Gasteiger partial charge in [-0.15, -0.1) is 0 Å². The Labute approximate surface area is 179 Å². The van der Waals surface area contributed by atoms with E-state index in [1.807, 2.05) is 0 Å². The molecule has 1 aromatic carbocycles. The SMILES string of the molecule is CC(C)(C)CCN1CCC2(CC1)CC2.NC(=O)c1cc(C(F)(F)F)cc(C(F)(F)F)c1. The molecule has 2 fully saturated rings. The molecule has 1 saturated heterocycles. The van der Waals surface area contributed by atoms with Crippen molar-refractivity contribution in [3.05, 3.63) is 34.9 Å². The minimum atomic E-state index is -4.98. The number of halogens is 6. The van der Waals surface area contributed by atoms with Gasteiger partial charge in [0.2, 0.25) is 5.91 Å². The van der Waals surface area contributed by atoms with Crippen LogP contribution in [-0.4, -0.2) is 30.4 Å². The van der Waals surface area contributed by atoms with Gasteiger partial charge in [-0.1, -0.05) is 20.8 Å². The van der Waals surface area contributed by atoms with Crippen molar-refractivity contribution < 1.29 is 31.1 Å². The Morgan fingerprint density at radius 1 is 0.903 bits per heavy atom. The number of nitrogens with zero attached hydrogens (tertiary/aromatic N) is 1. The lowest BCUT2D eigenvalue weighted by molar-refractivity contribution is -0.143. The van der Waals surface area contributed by atoms with Crippen LogP contribution in [0, 0.1) is 10.8 Å². The van der Waals surface area contributed by atoms with Gasteiger partial charge in [-0.25, -0.2) is 0 Å². The van der Waals surface area contributed by atoms with Crippen LogP contribution in [0.4, 0.5) is 26.3 Å². The van der Waals surface area contributed by atoms with Gasteiger partial charge in [-0.2, -0.15) is 26.3 Å². The van der Waals surface area contributed by atoms with Crippen molar-refractivity contribution in [2.45, 2.75) is 65.2 Å². The van der Waals surface area contributed by atoms with Crippen molar-refractivity contribution in [3.8, 4) is 0 Å². The van der Waals surface area contributed by atoms with E-state index in [0.717, 1.165) is 5.41 Å². The molecule has 3 nitrogen and oxygen atoms in total. The van der Waals surface area contributed by atoms with Gasteiger partial charge in [0.1, 0.15) is 0 Å². The molecule has 1 aliphatic carbocycles. The highest BCUT2D eigenvalue weighted by Crippen LogP contribution is 2.53. The van der Waals surface area contributed by atoms with Gasteiger partial charge in [0.25, 0.3) is 0 Å². The first-order valence-corrected chi connectivity index (χ1v) is 10.3. The van der Waals surface area contributed by atoms with E-state index < -0.39 is 35.0 Å². The van der Waals surface area contributed by atoms with Crippen LogP contribution in [-0.2, 0) is 12.4 Å². The van der Waals surface area contributed by atoms with Crippen LogP contribution in [0.5, 0.6) is 0 Å². The fraction of sp³-hybridized carbons (Fsp3) is 0.682. The number of carbonyl (C=O) groups excluding carboxylic acids is 1. The molecule has 0 aromatic heterocycles. The predicted molar refractivity (Wildman–Crippen MR) is 106 cm³/mol. The molecule has 3 rings (SSSR count). The molecule has 1 aromatic rings. The van der Waals surface area contributed by atoms with Crippen LogP contribution < -0.4 is 5.73 Å². The van der Waals surface area contributed by atoms with Crippen molar-refractivity contribution in [3.63, 3.8) is 0 Å². The van der Waals surface area contributed by atoms with E-state index in [9.17, 15) is 31.1 Å². The molecule has 0 atom stereocenters. The number of carbonyl (C=O) groups is 1. The van der Waals surface area contributed by atoms with Crippen LogP contribution in [0.3, 0.4) is 0 Å². The number of rotatable bonds is 3. The van der Waals surface area contributed by atoms with Crippen LogP contribution in [0.15, 0.2) is 18.2 Å². The van der Waals surface area contributed by atoms with Gasteiger partial charge in [0, 0.05) is 5.56 Å². The second-order valence-electron chi connectivity index (χ2n) is 9.81. The van der Waals surface area contributed by atoms with E-state index >= 15 is 0 Å². The Morgan fingerprint density at radius 3 is 1.68 bits per heavy atom. The third-order valence-electron chi connectivity index (χ3n) is 5.92. The lowest BCUT2D eigenvalue weighted by Gasteiger charge is -2.33. The number of benzene rings is 1. The number of likely N-dealkylation sites (tertiary alicyclic amines) is 1. The maximum absolute atomic E-state index is 12.3. The number of primary amides is 1. The first-order valence-electron chi connectivity index (χ1n) is 10.3. The van der Waals surface area contributed by atoms with Crippen molar-refractivity contribution in [1.82, 2.24) is 4.90 Å². The summed E-state index contributed by atoms with van der Waals surface area (Å²) >= 11 is 0. The molecular formula is C22H30F6N2O. The average molecular weight is 452 g/mol. The van der Waals surface area contributed by atoms with E-state index in [1.54, 1.807) is 0 Å². The molecule has 176 valence electrons. The molecule has 1 spiro atoms. The van der Waals surface area contributed by atoms with Crippen molar-refractivity contribution in [1.29, 1.82) is 0 Å². The first kappa shape index (κ1) is 25.5. The Balaban J connectivity index is 0.000000224. The topological polar surface area (TPSA) is 46.3 Å². The van der Waals surface area contributed by atoms with Crippen LogP contribution in [0.2, 0.25) is 0 Å². The highest BCUT2D eigenvalue weighted by molar-refractivity contribution is 5.93. The number of piperidine rings is 1. The van der Waals surface area contributed by atoms with E-state index in [2.05, 4.69) is 31.4 Å². The quantitative estimate of drug-likeness (QED) is 0.562. The monoisotopic (exact) mass is 452 g/mol. The third-order valence-corrected chi connectivity index (χ3v) is 5.92. The summed E-state index contributed by atoms with van der Waals surface area (Å²) in [5, 5.41) is 0. The summed E-state index contributed by atoms with van der Waals surface area (Å²) in [6.07, 6.45) is -2.59. The van der Waals surface area contributed by atoms with Gasteiger partial charge in [-0.05, 0) is 80.8 Å². The van der Waals surface area contributed by atoms with Crippen LogP contribution in [0.25, 0.3) is 0 Å². The zero-order valence-corrected chi connectivity index (χ0v) is 18.1. The summed E-state index contributed by atoms with van der Waals surface area (Å²) in [5.41, 5.74) is 2.04. The number of hydrogen-bond acceptors (Lipinski definition) is 2. The third kappa shape index (κ3) is 8.01. The molecular weight excluding hydrogens is 422 g/mol. The standard InChI is InChI=1S/C13H25N.C9H5F6NO/c1-12(2,3)6-9-14-10-7-13(4-5-13)8-11-14;10-8(11,12)5-1-4(7(16)17)2-6(3-5)9(13,14)15/h4-11H2,1-3H3;1-3H,(H2,16,17). The van der Waals surface area contributed by atoms with E-state index in [0.29, 0.717) is 5.41 Å². The fourth-order valence-corrected chi connectivity index (χ4v) is 3.52. The number of hydrogen-bond donors (Lipinski definition) is 1. The van der Waals surface area contributed by atoms with Crippen molar-refractivity contribution >= 4 is 5.91 Å². The molecule has 9 heteroatoms. The van der Waals surface area contributed by atoms with Gasteiger partial charge in [0.05, 0.1) is 11.1 Å². The van der Waals surface area contributed by atoms with E-state index in [1.165, 1.54) is 51.7 Å². The molecule has 31 heavy (non-hydrogen) atoms. The molecule has 1 aliphatic heterocycles. The second-order valence-corrected chi connectivity index (χ2v) is 9.81. The highest BCUT2D eigenvalue weighted by Gasteiger charge is 2.44. The Hall–Kier alpha value is -1.77. The molecule has 1 amide bonds. The van der Waals surface area contributed by atoms with Crippen molar-refractivity contribution in [2.75, 3.05) is 19.6 Å². The lowest BCUT2D eigenvalue weighted by Crippen LogP contribution is -2.36. The predicted octanol–water partition coefficient (Wildman–Crippen LogP) is 6.12. The molecule has 0 bridgehead atoms. The molecule has 1 heterocycles. The second kappa shape index (κ2) is 9.00. The smallest absolute Gasteiger partial charge is 0.366 e. The summed E-state index contributed by atoms with van der Waals surface area (Å²) in [6.45, 7) is 11.1. The summed E-state index contributed by atoms with van der Waals surface area (Å²) < 4.78 is 73.7. The molecule has 0 unspecified atom stereocenters. The summed E-state index contributed by atoms with van der Waals surface area (Å²) in [5.74, 6) is -1.36. The van der Waals surface area contributed by atoms with Gasteiger partial charge < -0.3 is 10.6 Å². The Kier molecular flexibility index (Phi) is 7.40. The fourth-order valence-electron chi connectivity index (χ4n) is 3.52. The average Bonchev–Trinajstić information content (AvgIpc) is 3.38. The summed E-state index contributed by atoms with van der Waals surface area (Å²) in [4.78, 5) is 13.3. The minimum absolute atomic E-state index is 0.0769. The number of amides is 1. The molecule has 2 N–H and O–H groups in total. The van der Waals surface area contributed by atoms with Gasteiger partial charge in [0.15, 0.2) is 0 Å². The zero-order valence-electron chi connectivity index (χ0n) is 18.1. The Bertz CT molecular complexity index is 733. The van der Waals surface area contributed by atoms with Crippen LogP contribution in [0.1, 0.15) is 74.4 Å². The number of nitrogens with two attached hydrogens (primary N) is 1. The molecule has 0 radical (unpaired) electrons. The minimum Gasteiger partial charge on any atom is -0.366 e. The maximum Gasteiger partial charge on any atom is 0.416 e. The normalized spacial score (nSPS) is 19.0. The van der Waals surface area contributed by atoms with E-state index in [4.69, 9.17) is 0 Å². The van der Waals surface area contributed by atoms with E-state index in [-0.39, 0.29) is 18.2 Å². The summed E-state index contributed by atoms with van der Waals surface area (Å²) in [6, 6.07) is 0.474. The lowest BCUT2D eigenvalue weighted by atomic mass is 9.90. The molecule has 1 saturated carbocycles. The number of alkyl halides is 6. The largest absolute Gasteiger partial charge is 0.416 e. The Morgan fingerprint density at radius 2 is 1.35 bits per heavy atom. The summed E-state index contributed by atoms with van der Waals surface area (Å²) in [7, 11) is 0. The van der Waals surface area contributed by atoms with Crippen molar-refractivity contribution in [2.24, 2.45) is 16.6 Å². The highest BCUT2D eigenvalue weighted by atomic mass is 19.4. The molecule has 2 aliphatic rings. The first-order chi connectivity index (χ1) is 14.0. The van der Waals surface area contributed by atoms with Gasteiger partial charge >= 0.3 is 12.4 Å². The zero-order chi connectivity index (χ0) is 23.7. The maximum atomic E-state index is 12.3. The van der Waals surface area contributed by atoms with Crippen LogP contribution >= 0.6 is 0 Å².